The zero-order valence-corrected chi connectivity index (χ0v) is 23.6. The Bertz CT molecular complexity index is 1200. The van der Waals surface area contributed by atoms with Crippen molar-refractivity contribution < 1.29 is 14.6 Å². The molecule has 0 unspecified atom stereocenters. The molecule has 0 spiro atoms. The zero-order valence-electron chi connectivity index (χ0n) is 23.6. The minimum atomic E-state index is -0.923. The number of aryl methyl sites for hydroxylation is 1. The maximum atomic E-state index is 13.9. The summed E-state index contributed by atoms with van der Waals surface area (Å²) in [5, 5.41) is 17.2. The van der Waals surface area contributed by atoms with Crippen LogP contribution >= 0.6 is 0 Å². The van der Waals surface area contributed by atoms with Gasteiger partial charge in [0.25, 0.3) is 0 Å². The highest BCUT2D eigenvalue weighted by Gasteiger charge is 2.64. The molecule has 38 heavy (non-hydrogen) atoms. The van der Waals surface area contributed by atoms with Crippen LogP contribution in [0.2, 0.25) is 0 Å². The molecule has 2 saturated heterocycles. The Morgan fingerprint density at radius 1 is 1.16 bits per heavy atom. The molecule has 7 heteroatoms. The fourth-order valence-electron chi connectivity index (χ4n) is 7.43. The van der Waals surface area contributed by atoms with E-state index in [1.807, 2.05) is 21.8 Å². The maximum absolute atomic E-state index is 13.9. The molecule has 4 aliphatic rings. The third-order valence-corrected chi connectivity index (χ3v) is 9.97. The summed E-state index contributed by atoms with van der Waals surface area (Å²) < 4.78 is 7.61. The number of fused-ring (bicyclic) bond motifs is 1. The van der Waals surface area contributed by atoms with E-state index in [4.69, 9.17) is 4.74 Å². The molecule has 2 aliphatic heterocycles. The Balaban J connectivity index is 1.25. The van der Waals surface area contributed by atoms with Gasteiger partial charge in [-0.05, 0) is 85.2 Å². The number of aliphatic hydroxyl groups is 1. The highest BCUT2D eigenvalue weighted by atomic mass is 16.5. The molecule has 3 heterocycles. The van der Waals surface area contributed by atoms with Crippen LogP contribution in [0, 0.1) is 5.92 Å². The van der Waals surface area contributed by atoms with E-state index in [1.165, 1.54) is 24.0 Å². The van der Waals surface area contributed by atoms with Crippen LogP contribution in [0.15, 0.2) is 30.6 Å². The number of rotatable bonds is 7. The van der Waals surface area contributed by atoms with Crippen molar-refractivity contribution in [2.24, 2.45) is 5.92 Å². The lowest BCUT2D eigenvalue weighted by atomic mass is 9.52. The largest absolute Gasteiger partial charge is 0.497 e. The molecule has 2 bridgehead atoms. The number of carbonyl (C=O) groups excluding carboxylic acids is 1. The summed E-state index contributed by atoms with van der Waals surface area (Å²) in [4.78, 5) is 18.4. The van der Waals surface area contributed by atoms with Crippen molar-refractivity contribution in [2.75, 3.05) is 33.3 Å². The van der Waals surface area contributed by atoms with Crippen LogP contribution < -0.4 is 4.74 Å². The minimum Gasteiger partial charge on any atom is -0.497 e. The first-order valence-electron chi connectivity index (χ1n) is 14.6. The second kappa shape index (κ2) is 9.37. The number of ether oxygens (including phenoxy) is 1. The molecule has 3 fully saturated rings. The monoisotopic (exact) mass is 520 g/mol. The first kappa shape index (κ1) is 25.9. The molecule has 6 rings (SSSR count). The normalized spacial score (nSPS) is 29.6. The molecule has 1 aromatic carbocycles. The minimum absolute atomic E-state index is 0.0605. The van der Waals surface area contributed by atoms with Crippen LogP contribution in [0.25, 0.3) is 0 Å². The van der Waals surface area contributed by atoms with Gasteiger partial charge in [-0.25, -0.2) is 0 Å². The standard InChI is InChI=1S/C31H44N4O3/c1-29(2,3)24-19-32-35(21-24)13-5-12-33-15-11-31(37)27-16-23-8-9-25(38-4)17-26(23)30(31,18-28(33)36)10-14-34(27)20-22-6-7-22/h8-9,17,19,21-22,27,37H,5-7,10-16,18,20H2,1-4H3/t27-,30-,31-/m1/s1. The van der Waals surface area contributed by atoms with E-state index in [0.717, 1.165) is 56.1 Å². The number of piperidine rings is 1. The van der Waals surface area contributed by atoms with Gasteiger partial charge in [0.15, 0.2) is 0 Å². The second-order valence-corrected chi connectivity index (χ2v) is 13.3. The number of carbonyl (C=O) groups is 1. The van der Waals surface area contributed by atoms with E-state index in [1.54, 1.807) is 7.11 Å². The Labute approximate surface area is 227 Å². The predicted molar refractivity (Wildman–Crippen MR) is 147 cm³/mol. The molecule has 1 saturated carbocycles. The van der Waals surface area contributed by atoms with E-state index in [9.17, 15) is 9.90 Å². The number of hydrogen-bond donors (Lipinski definition) is 1. The summed E-state index contributed by atoms with van der Waals surface area (Å²) in [6.07, 6.45) is 10.2. The Kier molecular flexibility index (Phi) is 6.38. The molecule has 206 valence electrons. The van der Waals surface area contributed by atoms with Crippen LogP contribution in [-0.4, -0.2) is 75.5 Å². The third-order valence-electron chi connectivity index (χ3n) is 9.97. The summed E-state index contributed by atoms with van der Waals surface area (Å²) >= 11 is 0. The summed E-state index contributed by atoms with van der Waals surface area (Å²) in [5.74, 6) is 1.75. The number of methoxy groups -OCH3 is 1. The van der Waals surface area contributed by atoms with Crippen molar-refractivity contribution in [1.29, 1.82) is 0 Å². The highest BCUT2D eigenvalue weighted by Crippen LogP contribution is 2.57. The van der Waals surface area contributed by atoms with Crippen LogP contribution in [-0.2, 0) is 28.6 Å². The van der Waals surface area contributed by atoms with E-state index >= 15 is 0 Å². The number of aromatic nitrogens is 2. The molecular weight excluding hydrogens is 476 g/mol. The first-order chi connectivity index (χ1) is 18.1. The van der Waals surface area contributed by atoms with Crippen LogP contribution in [0.5, 0.6) is 5.75 Å². The van der Waals surface area contributed by atoms with Crippen molar-refractivity contribution in [3.05, 3.63) is 47.3 Å². The number of amides is 1. The summed E-state index contributed by atoms with van der Waals surface area (Å²) in [7, 11) is 1.69. The van der Waals surface area contributed by atoms with Gasteiger partial charge in [0.1, 0.15) is 5.75 Å². The third kappa shape index (κ3) is 4.36. The average molecular weight is 521 g/mol. The van der Waals surface area contributed by atoms with Crippen molar-refractivity contribution in [1.82, 2.24) is 19.6 Å². The summed E-state index contributed by atoms with van der Waals surface area (Å²) in [5.41, 5.74) is 2.24. The lowest BCUT2D eigenvalue weighted by Gasteiger charge is -2.61. The Morgan fingerprint density at radius 3 is 2.68 bits per heavy atom. The molecule has 2 aromatic rings. The van der Waals surface area contributed by atoms with Crippen molar-refractivity contribution in [2.45, 2.75) is 94.7 Å². The van der Waals surface area contributed by atoms with Crippen LogP contribution in [0.3, 0.4) is 0 Å². The van der Waals surface area contributed by atoms with Crippen LogP contribution in [0.1, 0.15) is 76.0 Å². The molecular formula is C31H44N4O3. The lowest BCUT2D eigenvalue weighted by molar-refractivity contribution is -0.153. The van der Waals surface area contributed by atoms with Gasteiger partial charge < -0.3 is 14.7 Å². The quantitative estimate of drug-likeness (QED) is 0.600. The lowest BCUT2D eigenvalue weighted by Crippen LogP contribution is -2.71. The van der Waals surface area contributed by atoms with Crippen molar-refractivity contribution in [3.63, 3.8) is 0 Å². The van der Waals surface area contributed by atoms with Crippen LogP contribution in [0.4, 0.5) is 0 Å². The number of hydrogen-bond acceptors (Lipinski definition) is 5. The maximum Gasteiger partial charge on any atom is 0.223 e. The molecule has 3 atom stereocenters. The second-order valence-electron chi connectivity index (χ2n) is 13.3. The summed E-state index contributed by atoms with van der Waals surface area (Å²) in [6.45, 7) is 10.7. The van der Waals surface area contributed by atoms with Gasteiger partial charge in [-0.1, -0.05) is 26.8 Å². The van der Waals surface area contributed by atoms with E-state index in [2.05, 4.69) is 49.1 Å². The first-order valence-corrected chi connectivity index (χ1v) is 14.6. The van der Waals surface area contributed by atoms with Gasteiger partial charge >= 0.3 is 0 Å². The molecule has 2 aliphatic carbocycles. The Hall–Kier alpha value is -2.38. The molecule has 0 radical (unpaired) electrons. The van der Waals surface area contributed by atoms with Gasteiger partial charge in [-0.2, -0.15) is 5.10 Å². The van der Waals surface area contributed by atoms with Crippen molar-refractivity contribution >= 4 is 5.91 Å². The van der Waals surface area contributed by atoms with E-state index in [0.29, 0.717) is 25.9 Å². The van der Waals surface area contributed by atoms with Gasteiger partial charge in [-0.3, -0.25) is 14.4 Å². The highest BCUT2D eigenvalue weighted by molar-refractivity contribution is 5.79. The number of nitrogens with zero attached hydrogens (tertiary/aromatic N) is 4. The Morgan fingerprint density at radius 2 is 1.97 bits per heavy atom. The molecule has 7 nitrogen and oxygen atoms in total. The van der Waals surface area contributed by atoms with E-state index in [-0.39, 0.29) is 17.4 Å². The van der Waals surface area contributed by atoms with Gasteiger partial charge in [0.05, 0.1) is 18.9 Å². The molecule has 1 N–H and O–H groups in total. The number of benzene rings is 1. The topological polar surface area (TPSA) is 70.8 Å². The fraction of sp³-hybridized carbons (Fsp3) is 0.677. The molecule has 1 amide bonds. The zero-order chi connectivity index (χ0) is 26.7. The van der Waals surface area contributed by atoms with Crippen molar-refractivity contribution in [3.8, 4) is 5.75 Å². The van der Waals surface area contributed by atoms with Gasteiger partial charge in [-0.15, -0.1) is 0 Å². The fourth-order valence-corrected chi connectivity index (χ4v) is 7.43. The van der Waals surface area contributed by atoms with Gasteiger partial charge in [0, 0.05) is 50.3 Å². The number of likely N-dealkylation sites (tertiary alicyclic amines) is 2. The average Bonchev–Trinajstić information content (AvgIpc) is 3.58. The SMILES string of the molecule is COc1ccc2c(c1)[C@]13CCN(CC4CC4)[C@H](C2)[C@]1(O)CCN(CCCn1cc(C(C)(C)C)cn1)C(=O)C3. The predicted octanol–water partition coefficient (Wildman–Crippen LogP) is 3.91. The van der Waals surface area contributed by atoms with Gasteiger partial charge in [0.2, 0.25) is 5.91 Å². The molecule has 1 aromatic heterocycles. The van der Waals surface area contributed by atoms with E-state index < -0.39 is 11.0 Å². The smallest absolute Gasteiger partial charge is 0.223 e. The summed E-state index contributed by atoms with van der Waals surface area (Å²) in [6, 6.07) is 6.38.